The number of nitro groups is 1. The van der Waals surface area contributed by atoms with E-state index in [1.807, 2.05) is 42.9 Å². The van der Waals surface area contributed by atoms with Crippen LogP contribution in [-0.2, 0) is 19.9 Å². The number of piperidine rings is 1. The van der Waals surface area contributed by atoms with Crippen molar-refractivity contribution in [2.75, 3.05) is 31.1 Å². The zero-order chi connectivity index (χ0) is 27.5. The van der Waals surface area contributed by atoms with Crippen molar-refractivity contribution in [1.29, 1.82) is 0 Å². The van der Waals surface area contributed by atoms with Gasteiger partial charge in [-0.05, 0) is 70.7 Å². The summed E-state index contributed by atoms with van der Waals surface area (Å²) in [4.78, 5) is 41.6. The number of ketones is 1. The molecule has 2 aromatic carbocycles. The van der Waals surface area contributed by atoms with Crippen LogP contribution in [0.1, 0.15) is 63.2 Å². The number of fused-ring (bicyclic) bond motifs is 1. The van der Waals surface area contributed by atoms with Crippen molar-refractivity contribution in [1.82, 2.24) is 14.7 Å². The number of aryl methyl sites for hydroxylation is 3. The van der Waals surface area contributed by atoms with Gasteiger partial charge in [-0.2, -0.15) is 5.10 Å². The predicted molar refractivity (Wildman–Crippen MR) is 149 cm³/mol. The number of non-ortho nitro benzene ring substituents is 1. The van der Waals surface area contributed by atoms with Gasteiger partial charge in [0.15, 0.2) is 5.78 Å². The van der Waals surface area contributed by atoms with E-state index in [0.717, 1.165) is 79.8 Å². The number of anilines is 1. The van der Waals surface area contributed by atoms with Gasteiger partial charge >= 0.3 is 0 Å². The second-order valence-corrected chi connectivity index (χ2v) is 10.7. The standard InChI is InChI=1S/C30H35N5O4/c1-21-7-9-22(10-8-21)28(36)23-15-17-33(18-16-23)19-20-34(29-26-5-3-4-6-27(26)31-32(29)2)30(37)24-11-13-25(14-12-24)35(38)39/h7-14,23H,3-6,15-20H2,1-2H3. The Kier molecular flexibility index (Phi) is 7.88. The molecule has 0 spiro atoms. The van der Waals surface area contributed by atoms with Crippen molar-refractivity contribution in [2.24, 2.45) is 13.0 Å². The second kappa shape index (κ2) is 11.5. The van der Waals surface area contributed by atoms with Crippen molar-refractivity contribution in [3.63, 3.8) is 0 Å². The van der Waals surface area contributed by atoms with Gasteiger partial charge in [-0.25, -0.2) is 0 Å². The van der Waals surface area contributed by atoms with Gasteiger partial charge < -0.3 is 4.90 Å². The van der Waals surface area contributed by atoms with Gasteiger partial charge in [0.2, 0.25) is 0 Å². The number of rotatable bonds is 8. The summed E-state index contributed by atoms with van der Waals surface area (Å²) in [6, 6.07) is 13.6. The molecule has 9 nitrogen and oxygen atoms in total. The van der Waals surface area contributed by atoms with Gasteiger partial charge in [-0.3, -0.25) is 29.3 Å². The first-order valence-corrected chi connectivity index (χ1v) is 13.8. The number of hydrogen-bond donors (Lipinski definition) is 0. The van der Waals surface area contributed by atoms with Crippen LogP contribution < -0.4 is 4.90 Å². The molecule has 0 unspecified atom stereocenters. The molecular formula is C30H35N5O4. The third kappa shape index (κ3) is 5.78. The molecule has 39 heavy (non-hydrogen) atoms. The van der Waals surface area contributed by atoms with Gasteiger partial charge in [0.05, 0.1) is 10.6 Å². The number of nitro benzene ring substituents is 1. The Balaban J connectivity index is 1.30. The lowest BCUT2D eigenvalue weighted by Gasteiger charge is -2.33. The molecule has 1 aliphatic heterocycles. The molecule has 204 valence electrons. The van der Waals surface area contributed by atoms with Gasteiger partial charge in [0, 0.05) is 54.9 Å². The molecule has 0 radical (unpaired) electrons. The second-order valence-electron chi connectivity index (χ2n) is 10.7. The van der Waals surface area contributed by atoms with Crippen molar-refractivity contribution in [3.05, 3.63) is 86.6 Å². The molecule has 1 saturated heterocycles. The smallest absolute Gasteiger partial charge is 0.269 e. The average Bonchev–Trinajstić information content (AvgIpc) is 3.29. The highest BCUT2D eigenvalue weighted by atomic mass is 16.6. The molecule has 1 aliphatic carbocycles. The van der Waals surface area contributed by atoms with Gasteiger partial charge in [0.25, 0.3) is 11.6 Å². The molecule has 0 saturated carbocycles. The Labute approximate surface area is 228 Å². The Bertz CT molecular complexity index is 1360. The molecule has 0 N–H and O–H groups in total. The van der Waals surface area contributed by atoms with E-state index in [1.165, 1.54) is 24.3 Å². The lowest BCUT2D eigenvalue weighted by molar-refractivity contribution is -0.384. The van der Waals surface area contributed by atoms with Crippen molar-refractivity contribution < 1.29 is 14.5 Å². The first-order valence-electron chi connectivity index (χ1n) is 13.8. The average molecular weight is 530 g/mol. The molecule has 1 fully saturated rings. The number of hydrogen-bond acceptors (Lipinski definition) is 6. The minimum absolute atomic E-state index is 0.0193. The SMILES string of the molecule is Cc1ccc(C(=O)C2CCN(CCN(C(=O)c3ccc([N+](=O)[O-])cc3)c3c4c(nn3C)CCCC4)CC2)cc1. The molecule has 1 amide bonds. The van der Waals surface area contributed by atoms with Crippen LogP contribution in [0, 0.1) is 23.0 Å². The highest BCUT2D eigenvalue weighted by Gasteiger charge is 2.30. The predicted octanol–water partition coefficient (Wildman–Crippen LogP) is 4.76. The number of carbonyl (C=O) groups excluding carboxylic acids is 2. The first kappa shape index (κ1) is 26.7. The van der Waals surface area contributed by atoms with E-state index in [0.29, 0.717) is 18.7 Å². The maximum Gasteiger partial charge on any atom is 0.269 e. The van der Waals surface area contributed by atoms with Crippen LogP contribution in [0.4, 0.5) is 11.5 Å². The van der Waals surface area contributed by atoms with E-state index in [2.05, 4.69) is 4.90 Å². The summed E-state index contributed by atoms with van der Waals surface area (Å²) in [5, 5.41) is 15.8. The number of likely N-dealkylation sites (tertiary alicyclic amines) is 1. The third-order valence-corrected chi connectivity index (χ3v) is 8.05. The molecule has 1 aromatic heterocycles. The molecule has 2 aliphatic rings. The highest BCUT2D eigenvalue weighted by molar-refractivity contribution is 6.06. The number of carbonyl (C=O) groups is 2. The molecule has 0 bridgehead atoms. The van der Waals surface area contributed by atoms with E-state index in [4.69, 9.17) is 5.10 Å². The summed E-state index contributed by atoms with van der Waals surface area (Å²) in [7, 11) is 1.88. The normalized spacial score (nSPS) is 16.1. The fourth-order valence-corrected chi connectivity index (χ4v) is 5.80. The number of Topliss-reactive ketones (excluding diaryl/α,β-unsaturated/α-hetero) is 1. The topological polar surface area (TPSA) is 102 Å². The van der Waals surface area contributed by atoms with Crippen molar-refractivity contribution >= 4 is 23.2 Å². The Morgan fingerprint density at radius 2 is 1.64 bits per heavy atom. The van der Waals surface area contributed by atoms with Crippen LogP contribution in [0.25, 0.3) is 0 Å². The Hall–Kier alpha value is -3.85. The lowest BCUT2D eigenvalue weighted by Crippen LogP contribution is -2.43. The summed E-state index contributed by atoms with van der Waals surface area (Å²) in [6.45, 7) is 4.75. The number of amides is 1. The van der Waals surface area contributed by atoms with E-state index >= 15 is 0 Å². The minimum atomic E-state index is -0.462. The number of aromatic nitrogens is 2. The maximum absolute atomic E-state index is 13.8. The summed E-state index contributed by atoms with van der Waals surface area (Å²) >= 11 is 0. The first-order chi connectivity index (χ1) is 18.8. The zero-order valence-electron chi connectivity index (χ0n) is 22.6. The van der Waals surface area contributed by atoms with Gasteiger partial charge in [0.1, 0.15) is 5.82 Å². The van der Waals surface area contributed by atoms with E-state index in [1.54, 1.807) is 4.90 Å². The summed E-state index contributed by atoms with van der Waals surface area (Å²) in [5.74, 6) is 0.861. The van der Waals surface area contributed by atoms with Crippen LogP contribution in [0.3, 0.4) is 0 Å². The molecule has 3 aromatic rings. The Morgan fingerprint density at radius 1 is 1.00 bits per heavy atom. The van der Waals surface area contributed by atoms with Crippen LogP contribution in [0.2, 0.25) is 0 Å². The van der Waals surface area contributed by atoms with E-state index < -0.39 is 4.92 Å². The third-order valence-electron chi connectivity index (χ3n) is 8.05. The number of benzene rings is 2. The lowest BCUT2D eigenvalue weighted by atomic mass is 9.88. The van der Waals surface area contributed by atoms with Crippen LogP contribution in [0.5, 0.6) is 0 Å². The summed E-state index contributed by atoms with van der Waals surface area (Å²) in [5.41, 5.74) is 4.47. The van der Waals surface area contributed by atoms with Crippen LogP contribution in [0.15, 0.2) is 48.5 Å². The van der Waals surface area contributed by atoms with Gasteiger partial charge in [-0.15, -0.1) is 0 Å². The number of nitrogens with zero attached hydrogens (tertiary/aromatic N) is 5. The molecular weight excluding hydrogens is 494 g/mol. The molecule has 2 heterocycles. The molecule has 9 heteroatoms. The van der Waals surface area contributed by atoms with E-state index in [9.17, 15) is 19.7 Å². The quantitative estimate of drug-likeness (QED) is 0.237. The minimum Gasteiger partial charge on any atom is -0.302 e. The summed E-state index contributed by atoms with van der Waals surface area (Å²) in [6.07, 6.45) is 5.54. The van der Waals surface area contributed by atoms with Crippen LogP contribution >= 0.6 is 0 Å². The molecule has 0 atom stereocenters. The highest BCUT2D eigenvalue weighted by Crippen LogP contribution is 2.31. The fraction of sp³-hybridized carbons (Fsp3) is 0.433. The largest absolute Gasteiger partial charge is 0.302 e. The fourth-order valence-electron chi connectivity index (χ4n) is 5.80. The monoisotopic (exact) mass is 529 g/mol. The van der Waals surface area contributed by atoms with E-state index in [-0.39, 0.29) is 23.3 Å². The van der Waals surface area contributed by atoms with Gasteiger partial charge in [-0.1, -0.05) is 29.8 Å². The zero-order valence-corrected chi connectivity index (χ0v) is 22.6. The summed E-state index contributed by atoms with van der Waals surface area (Å²) < 4.78 is 1.81. The Morgan fingerprint density at radius 3 is 2.31 bits per heavy atom. The van der Waals surface area contributed by atoms with Crippen LogP contribution in [-0.4, -0.2) is 57.5 Å². The van der Waals surface area contributed by atoms with Crippen molar-refractivity contribution in [3.8, 4) is 0 Å². The van der Waals surface area contributed by atoms with Crippen molar-refractivity contribution in [2.45, 2.75) is 45.4 Å². The maximum atomic E-state index is 13.8. The molecule has 5 rings (SSSR count).